The van der Waals surface area contributed by atoms with E-state index in [0.717, 1.165) is 56.0 Å². The lowest BCUT2D eigenvalue weighted by atomic mass is 10.0. The average molecular weight is 501 g/mol. The van der Waals surface area contributed by atoms with Crippen LogP contribution in [0.25, 0.3) is 0 Å². The van der Waals surface area contributed by atoms with Gasteiger partial charge in [-0.05, 0) is 61.7 Å². The average Bonchev–Trinajstić information content (AvgIpc) is 3.18. The van der Waals surface area contributed by atoms with Gasteiger partial charge >= 0.3 is 0 Å². The third-order valence-corrected chi connectivity index (χ3v) is 6.68. The Morgan fingerprint density at radius 3 is 2.00 bits per heavy atom. The fraction of sp³-hybridized carbons (Fsp3) is 0.370. The number of benzene rings is 2. The molecule has 2 aromatic carbocycles. The molecule has 5 nitrogen and oxygen atoms in total. The molecule has 1 aliphatic rings. The van der Waals surface area contributed by atoms with Crippen molar-refractivity contribution in [1.29, 1.82) is 0 Å². The summed E-state index contributed by atoms with van der Waals surface area (Å²) in [6.45, 7) is 8.44. The SMILES string of the molecule is Cc1cc(C(=O)N2CCN(CCCOC(c3ccc(Cl)cc3)c3ccc(Cl)cc3)CC2)c(C)o1. The molecule has 0 aliphatic carbocycles. The zero-order chi connectivity index (χ0) is 24.1. The number of furan rings is 1. The van der Waals surface area contributed by atoms with E-state index in [1.165, 1.54) is 0 Å². The van der Waals surface area contributed by atoms with Crippen LogP contribution in [0.2, 0.25) is 10.0 Å². The Balaban J connectivity index is 1.27. The molecule has 1 aromatic heterocycles. The lowest BCUT2D eigenvalue weighted by Crippen LogP contribution is -2.49. The number of carbonyl (C=O) groups excluding carboxylic acids is 1. The van der Waals surface area contributed by atoms with Gasteiger partial charge in [0, 0.05) is 49.4 Å². The van der Waals surface area contributed by atoms with Gasteiger partial charge in [-0.3, -0.25) is 9.69 Å². The minimum absolute atomic E-state index is 0.0612. The minimum atomic E-state index is -0.175. The second-order valence-electron chi connectivity index (χ2n) is 8.67. The molecule has 0 N–H and O–H groups in total. The van der Waals surface area contributed by atoms with Gasteiger partial charge in [0.1, 0.15) is 17.6 Å². The molecule has 1 amide bonds. The van der Waals surface area contributed by atoms with Crippen LogP contribution in [0, 0.1) is 13.8 Å². The number of piperazine rings is 1. The van der Waals surface area contributed by atoms with E-state index in [-0.39, 0.29) is 12.0 Å². The van der Waals surface area contributed by atoms with Crippen LogP contribution < -0.4 is 0 Å². The first kappa shape index (κ1) is 24.8. The topological polar surface area (TPSA) is 45.9 Å². The van der Waals surface area contributed by atoms with Gasteiger partial charge in [-0.2, -0.15) is 0 Å². The molecule has 2 heterocycles. The molecular formula is C27H30Cl2N2O3. The van der Waals surface area contributed by atoms with Gasteiger partial charge in [0.15, 0.2) is 0 Å². The Kier molecular flexibility index (Phi) is 8.32. The van der Waals surface area contributed by atoms with Gasteiger partial charge in [0.05, 0.1) is 5.56 Å². The monoisotopic (exact) mass is 500 g/mol. The van der Waals surface area contributed by atoms with Crippen LogP contribution in [0.1, 0.15) is 45.5 Å². The van der Waals surface area contributed by atoms with Crippen LogP contribution in [0.4, 0.5) is 0 Å². The van der Waals surface area contributed by atoms with Crippen LogP contribution in [0.3, 0.4) is 0 Å². The summed E-state index contributed by atoms with van der Waals surface area (Å²) in [7, 11) is 0. The van der Waals surface area contributed by atoms with Crippen LogP contribution in [-0.2, 0) is 4.74 Å². The van der Waals surface area contributed by atoms with Crippen LogP contribution in [0.5, 0.6) is 0 Å². The van der Waals surface area contributed by atoms with Gasteiger partial charge in [0.2, 0.25) is 0 Å². The van der Waals surface area contributed by atoms with Crippen LogP contribution in [0.15, 0.2) is 59.0 Å². The quantitative estimate of drug-likeness (QED) is 0.347. The number of nitrogens with zero attached hydrogens (tertiary/aromatic N) is 2. The number of aryl methyl sites for hydroxylation is 2. The van der Waals surface area contributed by atoms with Crippen molar-refractivity contribution in [2.45, 2.75) is 26.4 Å². The zero-order valence-electron chi connectivity index (χ0n) is 19.6. The lowest BCUT2D eigenvalue weighted by Gasteiger charge is -2.34. The maximum atomic E-state index is 12.8. The summed E-state index contributed by atoms with van der Waals surface area (Å²) in [5.41, 5.74) is 2.79. The van der Waals surface area contributed by atoms with E-state index in [1.54, 1.807) is 0 Å². The Bertz CT molecular complexity index is 1040. The molecule has 1 saturated heterocycles. The molecule has 0 bridgehead atoms. The number of carbonyl (C=O) groups is 1. The predicted molar refractivity (Wildman–Crippen MR) is 136 cm³/mol. The van der Waals surface area contributed by atoms with Crippen LogP contribution in [-0.4, -0.2) is 55.0 Å². The molecule has 1 aliphatic heterocycles. The highest BCUT2D eigenvalue weighted by atomic mass is 35.5. The minimum Gasteiger partial charge on any atom is -0.466 e. The third kappa shape index (κ3) is 6.22. The molecular weight excluding hydrogens is 471 g/mol. The summed E-state index contributed by atoms with van der Waals surface area (Å²) in [5, 5.41) is 1.41. The smallest absolute Gasteiger partial charge is 0.257 e. The Morgan fingerprint density at radius 2 is 1.50 bits per heavy atom. The summed E-state index contributed by atoms with van der Waals surface area (Å²) in [5.74, 6) is 1.53. The molecule has 4 rings (SSSR count). The molecule has 0 saturated carbocycles. The van der Waals surface area contributed by atoms with E-state index < -0.39 is 0 Å². The first-order chi connectivity index (χ1) is 16.4. The second kappa shape index (κ2) is 11.4. The lowest BCUT2D eigenvalue weighted by molar-refractivity contribution is 0.0548. The van der Waals surface area contributed by atoms with E-state index in [4.69, 9.17) is 32.4 Å². The van der Waals surface area contributed by atoms with Crippen molar-refractivity contribution in [1.82, 2.24) is 9.80 Å². The van der Waals surface area contributed by atoms with Gasteiger partial charge in [0.25, 0.3) is 5.91 Å². The summed E-state index contributed by atoms with van der Waals surface area (Å²) in [4.78, 5) is 17.1. The highest BCUT2D eigenvalue weighted by molar-refractivity contribution is 6.30. The van der Waals surface area contributed by atoms with Crippen molar-refractivity contribution < 1.29 is 13.9 Å². The predicted octanol–water partition coefficient (Wildman–Crippen LogP) is 6.16. The van der Waals surface area contributed by atoms with Crippen molar-refractivity contribution in [3.05, 3.63) is 92.9 Å². The number of halogens is 2. The summed E-state index contributed by atoms with van der Waals surface area (Å²) in [6.07, 6.45) is 0.733. The van der Waals surface area contributed by atoms with E-state index in [1.807, 2.05) is 73.3 Å². The van der Waals surface area contributed by atoms with Gasteiger partial charge in [-0.1, -0.05) is 47.5 Å². The molecule has 180 valence electrons. The van der Waals surface area contributed by atoms with Crippen LogP contribution >= 0.6 is 23.2 Å². The molecule has 7 heteroatoms. The molecule has 3 aromatic rings. The number of ether oxygens (including phenoxy) is 1. The molecule has 0 radical (unpaired) electrons. The van der Waals surface area contributed by atoms with Crippen molar-refractivity contribution in [3.8, 4) is 0 Å². The number of hydrogen-bond acceptors (Lipinski definition) is 4. The Morgan fingerprint density at radius 1 is 0.941 bits per heavy atom. The molecule has 0 atom stereocenters. The van der Waals surface area contributed by atoms with E-state index in [9.17, 15) is 4.79 Å². The third-order valence-electron chi connectivity index (χ3n) is 6.18. The summed E-state index contributed by atoms with van der Waals surface area (Å²) >= 11 is 12.2. The number of hydrogen-bond donors (Lipinski definition) is 0. The van der Waals surface area contributed by atoms with Gasteiger partial charge in [-0.15, -0.1) is 0 Å². The molecule has 1 fully saturated rings. The second-order valence-corrected chi connectivity index (χ2v) is 9.54. The van der Waals surface area contributed by atoms with Gasteiger partial charge in [-0.25, -0.2) is 0 Å². The Hall–Kier alpha value is -2.31. The largest absolute Gasteiger partial charge is 0.466 e. The first-order valence-electron chi connectivity index (χ1n) is 11.6. The van der Waals surface area contributed by atoms with Crippen molar-refractivity contribution >= 4 is 29.1 Å². The Labute approximate surface area is 211 Å². The maximum absolute atomic E-state index is 12.8. The standard InChI is InChI=1S/C27H30Cl2N2O3/c1-19-18-25(20(2)34-19)27(32)31-15-13-30(14-16-31)12-3-17-33-26(21-4-8-23(28)9-5-21)22-6-10-24(29)11-7-22/h4-11,18,26H,3,12-17H2,1-2H3. The molecule has 0 unspecified atom stereocenters. The summed E-state index contributed by atoms with van der Waals surface area (Å²) in [6, 6.07) is 17.4. The van der Waals surface area contributed by atoms with Crippen molar-refractivity contribution in [3.63, 3.8) is 0 Å². The van der Waals surface area contributed by atoms with E-state index in [2.05, 4.69) is 4.90 Å². The maximum Gasteiger partial charge on any atom is 0.257 e. The highest BCUT2D eigenvalue weighted by Gasteiger charge is 2.24. The number of rotatable bonds is 8. The normalized spacial score (nSPS) is 14.7. The van der Waals surface area contributed by atoms with Crippen molar-refractivity contribution in [2.75, 3.05) is 39.3 Å². The van der Waals surface area contributed by atoms with E-state index >= 15 is 0 Å². The van der Waals surface area contributed by atoms with E-state index in [0.29, 0.717) is 28.0 Å². The number of amides is 1. The zero-order valence-corrected chi connectivity index (χ0v) is 21.1. The molecule has 34 heavy (non-hydrogen) atoms. The van der Waals surface area contributed by atoms with Gasteiger partial charge < -0.3 is 14.1 Å². The highest BCUT2D eigenvalue weighted by Crippen LogP contribution is 2.28. The molecule has 0 spiro atoms. The first-order valence-corrected chi connectivity index (χ1v) is 12.4. The van der Waals surface area contributed by atoms with Crippen molar-refractivity contribution in [2.24, 2.45) is 0 Å². The fourth-order valence-electron chi connectivity index (χ4n) is 4.34. The fourth-order valence-corrected chi connectivity index (χ4v) is 4.59. The summed E-state index contributed by atoms with van der Waals surface area (Å²) < 4.78 is 11.9.